The summed E-state index contributed by atoms with van der Waals surface area (Å²) in [5.41, 5.74) is -1.48. The maximum Gasteiger partial charge on any atom is 0.414 e. The summed E-state index contributed by atoms with van der Waals surface area (Å²) in [7, 11) is 0. The van der Waals surface area contributed by atoms with Crippen LogP contribution >= 0.6 is 0 Å². The van der Waals surface area contributed by atoms with Gasteiger partial charge in [-0.15, -0.1) is 0 Å². The predicted molar refractivity (Wildman–Crippen MR) is 245 cm³/mol. The van der Waals surface area contributed by atoms with E-state index in [1.165, 1.54) is 9.13 Å². The molecule has 27 nitrogen and oxygen atoms in total. The van der Waals surface area contributed by atoms with Gasteiger partial charge in [-0.1, -0.05) is 60.7 Å². The molecule has 6 rings (SSSR count). The van der Waals surface area contributed by atoms with Crippen LogP contribution in [0.15, 0.2) is 82.9 Å². The van der Waals surface area contributed by atoms with Gasteiger partial charge in [0.05, 0.1) is 19.2 Å². The molecule has 70 heavy (non-hydrogen) atoms. The summed E-state index contributed by atoms with van der Waals surface area (Å²) < 4.78 is 18.0. The number of carbonyl (C=O) groups excluding carboxylic acids is 6. The summed E-state index contributed by atoms with van der Waals surface area (Å²) in [6.45, 7) is 1.34. The van der Waals surface area contributed by atoms with E-state index in [4.69, 9.17) is 14.2 Å². The van der Waals surface area contributed by atoms with Crippen molar-refractivity contribution in [3.05, 3.63) is 105 Å². The van der Waals surface area contributed by atoms with Gasteiger partial charge in [-0.25, -0.2) is 24.4 Å². The summed E-state index contributed by atoms with van der Waals surface area (Å²) in [5.74, 6) is -4.22. The first-order chi connectivity index (χ1) is 33.4. The number of amides is 6. The van der Waals surface area contributed by atoms with Crippen LogP contribution < -0.4 is 32.4 Å². The second kappa shape index (κ2) is 23.0. The number of ether oxygens (including phenoxy) is 3. The number of imidazole rings is 2. The molecule has 368 valence electrons. The van der Waals surface area contributed by atoms with Crippen molar-refractivity contribution in [2.24, 2.45) is 0 Å². The van der Waals surface area contributed by atoms with Gasteiger partial charge in [0.2, 0.25) is 29.6 Å². The molecule has 0 atom stereocenters. The molecule has 7 N–H and O–H groups in total. The van der Waals surface area contributed by atoms with Gasteiger partial charge >= 0.3 is 24.2 Å². The van der Waals surface area contributed by atoms with Crippen molar-refractivity contribution in [1.29, 1.82) is 0 Å². The molecule has 0 aliphatic heterocycles. The summed E-state index contributed by atoms with van der Waals surface area (Å²) in [6, 6.07) is 17.6. The summed E-state index contributed by atoms with van der Waals surface area (Å²) in [5, 5.41) is 19.3. The van der Waals surface area contributed by atoms with E-state index in [9.17, 15) is 48.3 Å². The van der Waals surface area contributed by atoms with Crippen LogP contribution in [0.25, 0.3) is 22.3 Å². The molecule has 0 bridgehead atoms. The molecule has 0 unspecified atom stereocenters. The van der Waals surface area contributed by atoms with Crippen molar-refractivity contribution in [2.45, 2.75) is 52.7 Å². The average molecular weight is 969 g/mol. The number of aliphatic carboxylic acids is 1. The van der Waals surface area contributed by atoms with Gasteiger partial charge in [-0.05, 0) is 31.9 Å². The molecular formula is C43H48N14O13. The number of benzene rings is 2. The van der Waals surface area contributed by atoms with Crippen molar-refractivity contribution in [3.63, 3.8) is 0 Å². The predicted octanol–water partition coefficient (Wildman–Crippen LogP) is 1.13. The van der Waals surface area contributed by atoms with Gasteiger partial charge in [0, 0.05) is 26.2 Å². The summed E-state index contributed by atoms with van der Waals surface area (Å²) in [6.07, 6.45) is -0.356. The second-order valence-electron chi connectivity index (χ2n) is 16.1. The first-order valence-electron chi connectivity index (χ1n) is 21.3. The molecule has 0 aliphatic carbocycles. The third-order valence-electron chi connectivity index (χ3n) is 9.55. The van der Waals surface area contributed by atoms with Crippen LogP contribution in [0, 0.1) is 0 Å². The van der Waals surface area contributed by atoms with Gasteiger partial charge in [0.1, 0.15) is 38.4 Å². The number of alkyl carbamates (subject to hydrolysis) is 1. The molecule has 0 saturated heterocycles. The Labute approximate surface area is 395 Å². The minimum absolute atomic E-state index is 0.0686. The lowest BCUT2D eigenvalue weighted by Gasteiger charge is -2.25. The van der Waals surface area contributed by atoms with Crippen molar-refractivity contribution in [3.8, 4) is 0 Å². The Morgan fingerprint density at radius 3 is 1.53 bits per heavy atom. The number of hydrogen-bond acceptors (Lipinski definition) is 16. The third kappa shape index (κ3) is 14.7. The molecule has 4 heterocycles. The molecule has 0 saturated carbocycles. The van der Waals surface area contributed by atoms with E-state index >= 15 is 0 Å². The monoisotopic (exact) mass is 968 g/mol. The highest BCUT2D eigenvalue weighted by Crippen LogP contribution is 2.13. The number of anilines is 2. The van der Waals surface area contributed by atoms with E-state index in [1.807, 2.05) is 0 Å². The topological polar surface area (TPSA) is 349 Å². The van der Waals surface area contributed by atoms with Crippen molar-refractivity contribution >= 4 is 76.2 Å². The van der Waals surface area contributed by atoms with E-state index in [0.29, 0.717) is 11.1 Å². The maximum atomic E-state index is 13.8. The first kappa shape index (κ1) is 50.2. The molecule has 27 heteroatoms. The lowest BCUT2D eigenvalue weighted by molar-refractivity contribution is -0.144. The SMILES string of the molecule is CC(C)(C)OC(=O)NCCN(CC(=O)NCCN(CC(=O)O)C(=O)Cn1cnc2c(=O)[nH]c(NC(=O)OCc3ccccc3)nc21)C(=O)Cn1cnc2c(=O)[nH]c(NC(=O)OCc3ccccc3)nc21. The van der Waals surface area contributed by atoms with Gasteiger partial charge in [0.25, 0.3) is 11.1 Å². The zero-order chi connectivity index (χ0) is 50.4. The van der Waals surface area contributed by atoms with Crippen LogP contribution in [0.2, 0.25) is 0 Å². The minimum Gasteiger partial charge on any atom is -0.480 e. The number of fused-ring (bicyclic) bond motifs is 2. The Kier molecular flexibility index (Phi) is 16.5. The quantitative estimate of drug-likeness (QED) is 0.0527. The Balaban J connectivity index is 1.09. The fraction of sp³-hybridized carbons (Fsp3) is 0.326. The molecule has 0 fully saturated rings. The Bertz CT molecular complexity index is 2980. The molecule has 2 aromatic carbocycles. The molecule has 4 aromatic heterocycles. The van der Waals surface area contributed by atoms with Gasteiger partial charge in [-0.3, -0.25) is 49.4 Å². The number of nitrogens with zero attached hydrogens (tertiary/aromatic N) is 8. The van der Waals surface area contributed by atoms with Crippen molar-refractivity contribution < 1.29 is 52.9 Å². The fourth-order valence-corrected chi connectivity index (χ4v) is 6.37. The number of rotatable bonds is 20. The molecule has 0 radical (unpaired) electrons. The van der Waals surface area contributed by atoms with Gasteiger partial charge in [-0.2, -0.15) is 9.97 Å². The number of H-pyrrole nitrogens is 2. The molecule has 0 spiro atoms. The minimum atomic E-state index is -1.38. The van der Waals surface area contributed by atoms with E-state index < -0.39 is 84.9 Å². The number of carboxylic acids is 1. The Hall–Kier alpha value is -9.17. The number of aromatic amines is 2. The van der Waals surface area contributed by atoms with E-state index in [-0.39, 0.29) is 73.6 Å². The van der Waals surface area contributed by atoms with Crippen molar-refractivity contribution in [2.75, 3.05) is 49.9 Å². The third-order valence-corrected chi connectivity index (χ3v) is 9.55. The summed E-state index contributed by atoms with van der Waals surface area (Å²) in [4.78, 5) is 139. The van der Waals surface area contributed by atoms with Crippen LogP contribution in [-0.4, -0.2) is 141 Å². The van der Waals surface area contributed by atoms with Crippen LogP contribution in [0.5, 0.6) is 0 Å². The highest BCUT2D eigenvalue weighted by atomic mass is 16.6. The normalized spacial score (nSPS) is 11.1. The largest absolute Gasteiger partial charge is 0.480 e. The smallest absolute Gasteiger partial charge is 0.414 e. The fourth-order valence-electron chi connectivity index (χ4n) is 6.37. The van der Waals surface area contributed by atoms with Crippen LogP contribution in [-0.2, 0) is 59.7 Å². The zero-order valence-corrected chi connectivity index (χ0v) is 37.9. The van der Waals surface area contributed by atoms with E-state index in [1.54, 1.807) is 81.4 Å². The molecule has 6 aromatic rings. The number of aromatic nitrogens is 8. The second-order valence-corrected chi connectivity index (χ2v) is 16.1. The Morgan fingerprint density at radius 1 is 0.643 bits per heavy atom. The highest BCUT2D eigenvalue weighted by molar-refractivity contribution is 5.87. The first-order valence-corrected chi connectivity index (χ1v) is 21.3. The maximum absolute atomic E-state index is 13.8. The standard InChI is InChI=1S/C43H48N14O13/c1-43(2,3)70-40(65)45-15-17-54(29(59)19-56-24-46-32-34(56)48-38(50-36(32)63)52-41(66)68-22-26-10-6-4-7-11-26)18-28(58)44-14-16-55(21-31(61)62)30(60)20-57-25-47-33-35(57)49-39(51-37(33)64)53-42(67)69-23-27-12-8-5-9-13-27/h4-13,24-25H,14-23H2,1-3H3,(H,44,58)(H,45,65)(H,61,62)(H2,48,50,52,63,66)(H2,49,51,53,64,67). The van der Waals surface area contributed by atoms with Crippen LogP contribution in [0.1, 0.15) is 31.9 Å². The Morgan fingerprint density at radius 2 is 1.09 bits per heavy atom. The van der Waals surface area contributed by atoms with Crippen LogP contribution in [0.4, 0.5) is 26.3 Å². The van der Waals surface area contributed by atoms with Crippen molar-refractivity contribution in [1.82, 2.24) is 59.5 Å². The number of carboxylic acid groups (broad SMARTS) is 1. The lowest BCUT2D eigenvalue weighted by Crippen LogP contribution is -2.47. The average Bonchev–Trinajstić information content (AvgIpc) is 3.90. The van der Waals surface area contributed by atoms with E-state index in [2.05, 4.69) is 51.2 Å². The summed E-state index contributed by atoms with van der Waals surface area (Å²) >= 11 is 0. The highest BCUT2D eigenvalue weighted by Gasteiger charge is 2.24. The van der Waals surface area contributed by atoms with E-state index in [0.717, 1.165) is 22.5 Å². The molecule has 0 aliphatic rings. The number of hydrogen-bond donors (Lipinski definition) is 7. The van der Waals surface area contributed by atoms with Gasteiger partial charge < -0.3 is 48.9 Å². The molecular weight excluding hydrogens is 921 g/mol. The van der Waals surface area contributed by atoms with Gasteiger partial charge in [0.15, 0.2) is 22.3 Å². The number of carbonyl (C=O) groups is 7. The van der Waals surface area contributed by atoms with Crippen LogP contribution in [0.3, 0.4) is 0 Å². The number of nitrogens with one attached hydrogen (secondary N) is 6. The molecule has 6 amide bonds. The zero-order valence-electron chi connectivity index (χ0n) is 37.9. The lowest BCUT2D eigenvalue weighted by atomic mass is 10.2.